The highest BCUT2D eigenvalue weighted by atomic mass is 19.1. The molecule has 5 heteroatoms. The maximum Gasteiger partial charge on any atom is 0.221 e. The third kappa shape index (κ3) is 3.46. The first-order valence-electron chi connectivity index (χ1n) is 4.63. The number of hydrogen-bond donors (Lipinski definition) is 3. The molecular weight excluding hydrogens is 197 g/mol. The summed E-state index contributed by atoms with van der Waals surface area (Å²) in [5.41, 5.74) is 6.13. The smallest absolute Gasteiger partial charge is 0.221 e. The van der Waals surface area contributed by atoms with Crippen molar-refractivity contribution in [3.63, 3.8) is 0 Å². The lowest BCUT2D eigenvalue weighted by Gasteiger charge is -2.07. The number of hydrogen-bond acceptors (Lipinski definition) is 3. The van der Waals surface area contributed by atoms with Crippen molar-refractivity contribution in [2.75, 3.05) is 24.6 Å². The van der Waals surface area contributed by atoms with E-state index in [1.807, 2.05) is 0 Å². The lowest BCUT2D eigenvalue weighted by molar-refractivity contribution is -0.120. The van der Waals surface area contributed by atoms with Gasteiger partial charge in [0.1, 0.15) is 5.82 Å². The number of halogens is 1. The predicted molar refractivity (Wildman–Crippen MR) is 58.0 cm³/mol. The van der Waals surface area contributed by atoms with Crippen LogP contribution in [0.15, 0.2) is 18.2 Å². The first kappa shape index (κ1) is 11.3. The van der Waals surface area contributed by atoms with Gasteiger partial charge in [-0.3, -0.25) is 4.79 Å². The Bertz CT molecular complexity index is 355. The van der Waals surface area contributed by atoms with Crippen LogP contribution in [0, 0.1) is 5.82 Å². The Kier molecular flexibility index (Phi) is 3.91. The quantitative estimate of drug-likeness (QED) is 0.650. The molecule has 0 fully saturated rings. The van der Waals surface area contributed by atoms with Gasteiger partial charge in [-0.05, 0) is 18.2 Å². The van der Waals surface area contributed by atoms with Crippen LogP contribution in [0.5, 0.6) is 0 Å². The number of amides is 1. The number of nitrogens with two attached hydrogens (primary N) is 1. The van der Waals surface area contributed by atoms with E-state index in [1.54, 1.807) is 19.2 Å². The van der Waals surface area contributed by atoms with Crippen LogP contribution in [0.25, 0.3) is 0 Å². The molecule has 0 saturated heterocycles. The first-order valence-corrected chi connectivity index (χ1v) is 4.63. The van der Waals surface area contributed by atoms with Crippen molar-refractivity contribution < 1.29 is 9.18 Å². The molecule has 0 aliphatic heterocycles. The molecule has 4 N–H and O–H groups in total. The molecule has 0 saturated carbocycles. The van der Waals surface area contributed by atoms with Crippen molar-refractivity contribution >= 4 is 17.3 Å². The molecule has 1 aromatic carbocycles. The van der Waals surface area contributed by atoms with Gasteiger partial charge in [-0.25, -0.2) is 4.39 Å². The summed E-state index contributed by atoms with van der Waals surface area (Å²) in [6, 6.07) is 4.39. The predicted octanol–water partition coefficient (Wildman–Crippen LogP) is 0.956. The first-order chi connectivity index (χ1) is 7.13. The minimum Gasteiger partial charge on any atom is -0.399 e. The Hall–Kier alpha value is -1.78. The number of benzene rings is 1. The van der Waals surface area contributed by atoms with Crippen LogP contribution in [0.3, 0.4) is 0 Å². The fraction of sp³-hybridized carbons (Fsp3) is 0.300. The van der Waals surface area contributed by atoms with E-state index in [4.69, 9.17) is 5.73 Å². The highest BCUT2D eigenvalue weighted by Crippen LogP contribution is 2.16. The summed E-state index contributed by atoms with van der Waals surface area (Å²) >= 11 is 0. The zero-order chi connectivity index (χ0) is 11.3. The van der Waals surface area contributed by atoms with Crippen molar-refractivity contribution in [1.82, 2.24) is 5.32 Å². The summed E-state index contributed by atoms with van der Waals surface area (Å²) in [4.78, 5) is 10.9. The van der Waals surface area contributed by atoms with Gasteiger partial charge in [-0.15, -0.1) is 0 Å². The topological polar surface area (TPSA) is 67.2 Å². The van der Waals surface area contributed by atoms with Gasteiger partial charge >= 0.3 is 0 Å². The molecule has 0 atom stereocenters. The zero-order valence-corrected chi connectivity index (χ0v) is 8.51. The minimum atomic E-state index is -0.410. The summed E-state index contributed by atoms with van der Waals surface area (Å²) in [6.07, 6.45) is 0.306. The number of nitrogen functional groups attached to an aromatic ring is 1. The summed E-state index contributed by atoms with van der Waals surface area (Å²) < 4.78 is 13.2. The maximum atomic E-state index is 13.2. The fourth-order valence-electron chi connectivity index (χ4n) is 1.11. The Morgan fingerprint density at radius 2 is 2.27 bits per heavy atom. The number of anilines is 2. The second kappa shape index (κ2) is 5.19. The second-order valence-electron chi connectivity index (χ2n) is 3.09. The molecule has 1 amide bonds. The van der Waals surface area contributed by atoms with E-state index in [9.17, 15) is 9.18 Å². The van der Waals surface area contributed by atoms with Crippen molar-refractivity contribution in [2.24, 2.45) is 0 Å². The van der Waals surface area contributed by atoms with E-state index < -0.39 is 5.82 Å². The summed E-state index contributed by atoms with van der Waals surface area (Å²) in [5.74, 6) is -0.495. The normalized spacial score (nSPS) is 9.73. The van der Waals surface area contributed by atoms with Crippen molar-refractivity contribution in [2.45, 2.75) is 6.42 Å². The molecule has 82 valence electrons. The molecule has 0 aromatic heterocycles. The van der Waals surface area contributed by atoms with Crippen molar-refractivity contribution in [3.05, 3.63) is 24.0 Å². The SMILES string of the molecule is CNC(=O)CCNc1ccc(N)cc1F. The monoisotopic (exact) mass is 211 g/mol. The van der Waals surface area contributed by atoms with Crippen LogP contribution in [0.4, 0.5) is 15.8 Å². The van der Waals surface area contributed by atoms with Crippen LogP contribution >= 0.6 is 0 Å². The molecule has 0 aliphatic rings. The minimum absolute atomic E-state index is 0.0849. The van der Waals surface area contributed by atoms with Gasteiger partial charge in [0.2, 0.25) is 5.91 Å². The molecule has 0 radical (unpaired) electrons. The largest absolute Gasteiger partial charge is 0.399 e. The van der Waals surface area contributed by atoms with Gasteiger partial charge in [0.25, 0.3) is 0 Å². The number of carbonyl (C=O) groups excluding carboxylic acids is 1. The average Bonchev–Trinajstić information content (AvgIpc) is 2.21. The van der Waals surface area contributed by atoms with Crippen LogP contribution in [0.1, 0.15) is 6.42 Å². The Morgan fingerprint density at radius 3 is 2.87 bits per heavy atom. The highest BCUT2D eigenvalue weighted by Gasteiger charge is 2.02. The maximum absolute atomic E-state index is 13.2. The van der Waals surface area contributed by atoms with E-state index in [0.29, 0.717) is 24.3 Å². The van der Waals surface area contributed by atoms with E-state index in [-0.39, 0.29) is 5.91 Å². The molecule has 0 bridgehead atoms. The molecule has 1 rings (SSSR count). The molecular formula is C10H14FN3O. The molecule has 0 aliphatic carbocycles. The molecule has 1 aromatic rings. The number of carbonyl (C=O) groups is 1. The lowest BCUT2D eigenvalue weighted by atomic mass is 10.2. The van der Waals surface area contributed by atoms with Gasteiger partial charge in [0, 0.05) is 25.7 Å². The average molecular weight is 211 g/mol. The lowest BCUT2D eigenvalue weighted by Crippen LogP contribution is -2.21. The highest BCUT2D eigenvalue weighted by molar-refractivity contribution is 5.76. The number of rotatable bonds is 4. The summed E-state index contributed by atoms with van der Waals surface area (Å²) in [6.45, 7) is 0.389. The molecule has 0 unspecified atom stereocenters. The van der Waals surface area contributed by atoms with Gasteiger partial charge in [-0.2, -0.15) is 0 Å². The van der Waals surface area contributed by atoms with E-state index in [2.05, 4.69) is 10.6 Å². The standard InChI is InChI=1S/C10H14FN3O/c1-13-10(15)4-5-14-9-3-2-7(12)6-8(9)11/h2-3,6,14H,4-5,12H2,1H3,(H,13,15). The van der Waals surface area contributed by atoms with E-state index >= 15 is 0 Å². The molecule has 0 heterocycles. The Morgan fingerprint density at radius 1 is 1.53 bits per heavy atom. The van der Waals surface area contributed by atoms with Crippen LogP contribution in [-0.4, -0.2) is 19.5 Å². The Labute approximate surface area is 87.7 Å². The zero-order valence-electron chi connectivity index (χ0n) is 8.51. The third-order valence-electron chi connectivity index (χ3n) is 1.94. The van der Waals surface area contributed by atoms with Gasteiger partial charge in [0.15, 0.2) is 0 Å². The van der Waals surface area contributed by atoms with Crippen molar-refractivity contribution in [3.8, 4) is 0 Å². The third-order valence-corrected chi connectivity index (χ3v) is 1.94. The van der Waals surface area contributed by atoms with Gasteiger partial charge < -0.3 is 16.4 Å². The Balaban J connectivity index is 2.47. The molecule has 4 nitrogen and oxygen atoms in total. The van der Waals surface area contributed by atoms with Crippen LogP contribution < -0.4 is 16.4 Å². The second-order valence-corrected chi connectivity index (χ2v) is 3.09. The fourth-order valence-corrected chi connectivity index (χ4v) is 1.11. The van der Waals surface area contributed by atoms with E-state index in [0.717, 1.165) is 0 Å². The van der Waals surface area contributed by atoms with E-state index in [1.165, 1.54) is 6.07 Å². The van der Waals surface area contributed by atoms with Crippen LogP contribution in [-0.2, 0) is 4.79 Å². The number of nitrogens with one attached hydrogen (secondary N) is 2. The molecule has 15 heavy (non-hydrogen) atoms. The van der Waals surface area contributed by atoms with Gasteiger partial charge in [-0.1, -0.05) is 0 Å². The van der Waals surface area contributed by atoms with Crippen molar-refractivity contribution in [1.29, 1.82) is 0 Å². The summed E-state index contributed by atoms with van der Waals surface area (Å²) in [7, 11) is 1.56. The summed E-state index contributed by atoms with van der Waals surface area (Å²) in [5, 5.41) is 5.30. The van der Waals surface area contributed by atoms with Gasteiger partial charge in [0.05, 0.1) is 5.69 Å². The van der Waals surface area contributed by atoms with Crippen LogP contribution in [0.2, 0.25) is 0 Å². The molecule has 0 spiro atoms.